The standard InChI is InChI=1S/C29H26N2O6S2/c1-17-24(28(33)37-16-18-9-6-5-7-10-18)25(22-11-8-12-38-22)31-27(32)23(39-29(31)30-17)15-19-13-20(34-2)26(36-4)21(14-19)35-3/h5-15,25H,16H2,1-4H3/b23-15+. The summed E-state index contributed by atoms with van der Waals surface area (Å²) in [5.41, 5.74) is 2.18. The van der Waals surface area contributed by atoms with Crippen molar-refractivity contribution in [1.82, 2.24) is 4.57 Å². The van der Waals surface area contributed by atoms with Gasteiger partial charge in [-0.05, 0) is 47.7 Å². The van der Waals surface area contributed by atoms with Crippen molar-refractivity contribution in [3.63, 3.8) is 0 Å². The summed E-state index contributed by atoms with van der Waals surface area (Å²) >= 11 is 2.73. The molecule has 3 heterocycles. The van der Waals surface area contributed by atoms with E-state index >= 15 is 0 Å². The van der Waals surface area contributed by atoms with Gasteiger partial charge in [-0.15, -0.1) is 11.3 Å². The highest BCUT2D eigenvalue weighted by molar-refractivity contribution is 7.10. The van der Waals surface area contributed by atoms with E-state index in [9.17, 15) is 9.59 Å². The number of thiazole rings is 1. The molecule has 0 saturated carbocycles. The molecule has 10 heteroatoms. The third kappa shape index (κ3) is 5.13. The number of hydrogen-bond acceptors (Lipinski definition) is 9. The van der Waals surface area contributed by atoms with Crippen molar-refractivity contribution in [2.24, 2.45) is 4.99 Å². The van der Waals surface area contributed by atoms with Crippen molar-refractivity contribution in [3.8, 4) is 17.2 Å². The van der Waals surface area contributed by atoms with Gasteiger partial charge in [-0.1, -0.05) is 47.7 Å². The van der Waals surface area contributed by atoms with E-state index in [2.05, 4.69) is 4.99 Å². The quantitative estimate of drug-likeness (QED) is 0.301. The van der Waals surface area contributed by atoms with Crippen LogP contribution in [0, 0.1) is 0 Å². The number of nitrogens with zero attached hydrogens (tertiary/aromatic N) is 2. The van der Waals surface area contributed by atoms with Crippen molar-refractivity contribution in [1.29, 1.82) is 0 Å². The lowest BCUT2D eigenvalue weighted by Gasteiger charge is -2.23. The summed E-state index contributed by atoms with van der Waals surface area (Å²) in [5.74, 6) is 0.918. The van der Waals surface area contributed by atoms with Crippen molar-refractivity contribution >= 4 is 34.7 Å². The lowest BCUT2D eigenvalue weighted by molar-refractivity contribution is -0.140. The van der Waals surface area contributed by atoms with E-state index in [1.54, 1.807) is 29.7 Å². The average Bonchev–Trinajstić information content (AvgIpc) is 3.59. The highest BCUT2D eigenvalue weighted by Gasteiger charge is 2.34. The lowest BCUT2D eigenvalue weighted by atomic mass is 10.0. The molecule has 8 nitrogen and oxygen atoms in total. The van der Waals surface area contributed by atoms with Gasteiger partial charge in [-0.25, -0.2) is 9.79 Å². The summed E-state index contributed by atoms with van der Waals surface area (Å²) in [6.07, 6.45) is 1.76. The highest BCUT2D eigenvalue weighted by atomic mass is 32.1. The summed E-state index contributed by atoms with van der Waals surface area (Å²) in [5, 5.41) is 1.92. The van der Waals surface area contributed by atoms with E-state index in [1.807, 2.05) is 47.8 Å². The number of esters is 1. The van der Waals surface area contributed by atoms with Crippen LogP contribution in [0.2, 0.25) is 0 Å². The maximum atomic E-state index is 13.8. The molecule has 1 unspecified atom stereocenters. The third-order valence-corrected chi connectivity index (χ3v) is 8.16. The van der Waals surface area contributed by atoms with Crippen LogP contribution in [0.3, 0.4) is 0 Å². The minimum absolute atomic E-state index is 0.124. The fourth-order valence-corrected chi connectivity index (χ4v) is 6.31. The summed E-state index contributed by atoms with van der Waals surface area (Å²) in [6, 6.07) is 16.2. The number of thiophene rings is 1. The normalized spacial score (nSPS) is 15.0. The number of carbonyl (C=O) groups is 1. The van der Waals surface area contributed by atoms with Gasteiger partial charge < -0.3 is 18.9 Å². The zero-order chi connectivity index (χ0) is 27.5. The second-order valence-electron chi connectivity index (χ2n) is 8.62. The molecule has 5 rings (SSSR count). The van der Waals surface area contributed by atoms with E-state index in [0.29, 0.717) is 43.4 Å². The molecule has 0 radical (unpaired) electrons. The van der Waals surface area contributed by atoms with Gasteiger partial charge in [0.05, 0.1) is 37.1 Å². The Bertz CT molecular complexity index is 1690. The summed E-state index contributed by atoms with van der Waals surface area (Å²) in [7, 11) is 4.61. The van der Waals surface area contributed by atoms with Gasteiger partial charge in [-0.3, -0.25) is 9.36 Å². The SMILES string of the molecule is COc1cc(/C=c2/sc3n(c2=O)C(c2cccs2)C(C(=O)OCc2ccccc2)=C(C)N=3)cc(OC)c1OC. The fraction of sp³-hybridized carbons (Fsp3) is 0.207. The predicted octanol–water partition coefficient (Wildman–Crippen LogP) is 4.07. The van der Waals surface area contributed by atoms with E-state index < -0.39 is 12.0 Å². The van der Waals surface area contributed by atoms with Crippen LogP contribution in [0.1, 0.15) is 29.0 Å². The molecule has 0 bridgehead atoms. The van der Waals surface area contributed by atoms with Crippen molar-refractivity contribution in [2.45, 2.75) is 19.6 Å². The number of hydrogen-bond donors (Lipinski definition) is 0. The van der Waals surface area contributed by atoms with Gasteiger partial charge in [0.1, 0.15) is 12.6 Å². The number of aromatic nitrogens is 1. The Kier molecular flexibility index (Phi) is 7.67. The van der Waals surface area contributed by atoms with Crippen LogP contribution in [-0.2, 0) is 16.1 Å². The highest BCUT2D eigenvalue weighted by Crippen LogP contribution is 2.38. The predicted molar refractivity (Wildman–Crippen MR) is 150 cm³/mol. The Balaban J connectivity index is 1.60. The molecule has 0 amide bonds. The molecule has 1 aliphatic rings. The topological polar surface area (TPSA) is 88.4 Å². The van der Waals surface area contributed by atoms with Gasteiger partial charge in [0.2, 0.25) is 5.75 Å². The van der Waals surface area contributed by atoms with Crippen molar-refractivity contribution < 1.29 is 23.7 Å². The number of carbonyl (C=O) groups excluding carboxylic acids is 1. The molecule has 39 heavy (non-hydrogen) atoms. The Morgan fingerprint density at radius 2 is 1.74 bits per heavy atom. The van der Waals surface area contributed by atoms with Crippen LogP contribution in [0.5, 0.6) is 17.2 Å². The molecule has 2 aromatic heterocycles. The van der Waals surface area contributed by atoms with Gasteiger partial charge in [0.15, 0.2) is 16.3 Å². The molecular formula is C29H26N2O6S2. The second kappa shape index (κ2) is 11.3. The van der Waals surface area contributed by atoms with E-state index in [1.165, 1.54) is 44.0 Å². The molecule has 1 aliphatic heterocycles. The van der Waals surface area contributed by atoms with Crippen LogP contribution in [-0.4, -0.2) is 31.9 Å². The molecule has 200 valence electrons. The zero-order valence-corrected chi connectivity index (χ0v) is 23.4. The summed E-state index contributed by atoms with van der Waals surface area (Å²) in [4.78, 5) is 33.3. The van der Waals surface area contributed by atoms with Crippen LogP contribution < -0.4 is 29.1 Å². The largest absolute Gasteiger partial charge is 0.493 e. The van der Waals surface area contributed by atoms with E-state index in [0.717, 1.165) is 10.4 Å². The number of ether oxygens (including phenoxy) is 4. The first-order valence-electron chi connectivity index (χ1n) is 12.0. The Labute approximate surface area is 232 Å². The minimum Gasteiger partial charge on any atom is -0.493 e. The smallest absolute Gasteiger partial charge is 0.338 e. The Morgan fingerprint density at radius 3 is 2.36 bits per heavy atom. The van der Waals surface area contributed by atoms with Gasteiger partial charge in [0.25, 0.3) is 5.56 Å². The zero-order valence-electron chi connectivity index (χ0n) is 21.8. The number of fused-ring (bicyclic) bond motifs is 1. The number of methoxy groups -OCH3 is 3. The maximum Gasteiger partial charge on any atom is 0.338 e. The molecule has 1 atom stereocenters. The lowest BCUT2D eigenvalue weighted by Crippen LogP contribution is -2.39. The van der Waals surface area contributed by atoms with Crippen molar-refractivity contribution in [3.05, 3.63) is 107 Å². The number of rotatable bonds is 8. The maximum absolute atomic E-state index is 13.8. The monoisotopic (exact) mass is 562 g/mol. The molecular weight excluding hydrogens is 536 g/mol. The van der Waals surface area contributed by atoms with Gasteiger partial charge >= 0.3 is 5.97 Å². The molecule has 0 spiro atoms. The van der Waals surface area contributed by atoms with Crippen LogP contribution in [0.4, 0.5) is 0 Å². The molecule has 0 aliphatic carbocycles. The molecule has 4 aromatic rings. The van der Waals surface area contributed by atoms with E-state index in [-0.39, 0.29) is 12.2 Å². The minimum atomic E-state index is -0.647. The van der Waals surface area contributed by atoms with Crippen LogP contribution in [0.25, 0.3) is 6.08 Å². The Morgan fingerprint density at radius 1 is 1.03 bits per heavy atom. The first-order valence-corrected chi connectivity index (χ1v) is 13.7. The Hall–Kier alpha value is -4.15. The number of benzene rings is 2. The second-order valence-corrected chi connectivity index (χ2v) is 10.6. The first kappa shape index (κ1) is 26.5. The van der Waals surface area contributed by atoms with Crippen LogP contribution >= 0.6 is 22.7 Å². The molecule has 0 saturated heterocycles. The molecule has 2 aromatic carbocycles. The van der Waals surface area contributed by atoms with Crippen molar-refractivity contribution in [2.75, 3.05) is 21.3 Å². The van der Waals surface area contributed by atoms with Gasteiger partial charge in [0, 0.05) is 4.88 Å². The van der Waals surface area contributed by atoms with Crippen LogP contribution in [0.15, 0.2) is 81.0 Å². The average molecular weight is 563 g/mol. The molecule has 0 N–H and O–H groups in total. The summed E-state index contributed by atoms with van der Waals surface area (Å²) < 4.78 is 24.1. The third-order valence-electron chi connectivity index (χ3n) is 6.25. The van der Waals surface area contributed by atoms with E-state index in [4.69, 9.17) is 18.9 Å². The first-order chi connectivity index (χ1) is 18.9. The summed E-state index contributed by atoms with van der Waals surface area (Å²) in [6.45, 7) is 1.90. The van der Waals surface area contributed by atoms with Gasteiger partial charge in [-0.2, -0.15) is 0 Å². The number of allylic oxidation sites excluding steroid dienone is 1. The molecule has 0 fully saturated rings. The fourth-order valence-electron chi connectivity index (χ4n) is 4.44.